The number of ether oxygens (including phenoxy) is 2. The van der Waals surface area contributed by atoms with Crippen molar-refractivity contribution >= 4 is 32.7 Å². The minimum absolute atomic E-state index is 0.378. The zero-order chi connectivity index (χ0) is 19.1. The van der Waals surface area contributed by atoms with E-state index < -0.39 is 0 Å². The molecule has 3 aromatic rings. The number of benzene rings is 3. The average Bonchev–Trinajstić information content (AvgIpc) is 2.70. The van der Waals surface area contributed by atoms with Gasteiger partial charge in [0.25, 0.3) is 0 Å². The number of fused-ring (bicyclic) bond motifs is 1. The second-order valence-electron chi connectivity index (χ2n) is 6.41. The van der Waals surface area contributed by atoms with Crippen molar-refractivity contribution in [2.24, 2.45) is 0 Å². The van der Waals surface area contributed by atoms with E-state index in [9.17, 15) is 4.79 Å². The molecule has 0 fully saturated rings. The molecule has 140 valence electrons. The Morgan fingerprint density at radius 2 is 1.63 bits per heavy atom. The minimum atomic E-state index is -0.378. The van der Waals surface area contributed by atoms with Gasteiger partial charge in [0.2, 0.25) is 0 Å². The first kappa shape index (κ1) is 19.4. The highest BCUT2D eigenvalue weighted by atomic mass is 79.9. The van der Waals surface area contributed by atoms with Crippen molar-refractivity contribution in [3.8, 4) is 11.5 Å². The van der Waals surface area contributed by atoms with Crippen LogP contribution in [0.5, 0.6) is 11.5 Å². The van der Waals surface area contributed by atoms with Gasteiger partial charge in [-0.3, -0.25) is 0 Å². The molecule has 0 radical (unpaired) electrons. The van der Waals surface area contributed by atoms with Crippen molar-refractivity contribution in [3.63, 3.8) is 0 Å². The Morgan fingerprint density at radius 3 is 2.37 bits per heavy atom. The maximum Gasteiger partial charge on any atom is 0.343 e. The molecular weight excluding hydrogens is 404 g/mol. The summed E-state index contributed by atoms with van der Waals surface area (Å²) < 4.78 is 12.3. The van der Waals surface area contributed by atoms with Gasteiger partial charge in [0.15, 0.2) is 0 Å². The average molecular weight is 427 g/mol. The molecule has 27 heavy (non-hydrogen) atoms. The Bertz CT molecular complexity index is 903. The zero-order valence-corrected chi connectivity index (χ0v) is 17.0. The van der Waals surface area contributed by atoms with Crippen LogP contribution < -0.4 is 9.47 Å². The molecule has 0 aliphatic heterocycles. The smallest absolute Gasteiger partial charge is 0.343 e. The fourth-order valence-electron chi connectivity index (χ4n) is 2.89. The molecule has 0 aliphatic rings. The zero-order valence-electron chi connectivity index (χ0n) is 15.4. The predicted molar refractivity (Wildman–Crippen MR) is 113 cm³/mol. The number of halogens is 1. The summed E-state index contributed by atoms with van der Waals surface area (Å²) in [5, 5.41) is 1.90. The molecule has 0 aromatic heterocycles. The molecule has 0 saturated heterocycles. The Labute approximate surface area is 168 Å². The summed E-state index contributed by atoms with van der Waals surface area (Å²) in [6.45, 7) is 2.89. The van der Waals surface area contributed by atoms with Crippen molar-refractivity contribution in [1.82, 2.24) is 0 Å². The van der Waals surface area contributed by atoms with E-state index in [-0.39, 0.29) is 5.97 Å². The van der Waals surface area contributed by atoms with Gasteiger partial charge in [-0.05, 0) is 48.2 Å². The molecule has 4 heteroatoms. The molecule has 0 atom stereocenters. The largest absolute Gasteiger partial charge is 0.494 e. The third-order valence-corrected chi connectivity index (χ3v) is 5.08. The lowest BCUT2D eigenvalue weighted by Crippen LogP contribution is -2.08. The summed E-state index contributed by atoms with van der Waals surface area (Å²) in [6, 6.07) is 18.6. The van der Waals surface area contributed by atoms with Crippen LogP contribution in [0.25, 0.3) is 10.8 Å². The van der Waals surface area contributed by atoms with Crippen LogP contribution in [0.1, 0.15) is 43.0 Å². The van der Waals surface area contributed by atoms with Crippen molar-refractivity contribution in [2.75, 3.05) is 6.61 Å². The highest BCUT2D eigenvalue weighted by Crippen LogP contribution is 2.32. The first-order chi connectivity index (χ1) is 13.2. The number of unbranched alkanes of at least 4 members (excludes halogenated alkanes) is 3. The maximum absolute atomic E-state index is 12.5. The Morgan fingerprint density at radius 1 is 0.889 bits per heavy atom. The number of carbonyl (C=O) groups excluding carboxylic acids is 1. The van der Waals surface area contributed by atoms with E-state index in [1.165, 1.54) is 19.3 Å². The summed E-state index contributed by atoms with van der Waals surface area (Å²) >= 11 is 3.53. The Kier molecular flexibility index (Phi) is 6.88. The lowest BCUT2D eigenvalue weighted by molar-refractivity contribution is 0.0737. The van der Waals surface area contributed by atoms with Gasteiger partial charge in [0, 0.05) is 9.86 Å². The van der Waals surface area contributed by atoms with Crippen LogP contribution in [0.3, 0.4) is 0 Å². The van der Waals surface area contributed by atoms with Crippen LogP contribution in [0, 0.1) is 0 Å². The summed E-state index contributed by atoms with van der Waals surface area (Å²) in [6.07, 6.45) is 4.68. The second-order valence-corrected chi connectivity index (χ2v) is 7.27. The van der Waals surface area contributed by atoms with Gasteiger partial charge in [-0.25, -0.2) is 4.79 Å². The summed E-state index contributed by atoms with van der Waals surface area (Å²) in [5.41, 5.74) is 0.500. The molecule has 3 nitrogen and oxygen atoms in total. The molecule has 3 rings (SSSR count). The molecule has 0 N–H and O–H groups in total. The van der Waals surface area contributed by atoms with Crippen LogP contribution in [0.2, 0.25) is 0 Å². The van der Waals surface area contributed by atoms with Crippen molar-refractivity contribution in [2.45, 2.75) is 32.6 Å². The normalized spacial score (nSPS) is 10.7. The first-order valence-electron chi connectivity index (χ1n) is 9.31. The number of rotatable bonds is 8. The number of hydrogen-bond donors (Lipinski definition) is 0. The maximum atomic E-state index is 12.5. The minimum Gasteiger partial charge on any atom is -0.494 e. The fraction of sp³-hybridized carbons (Fsp3) is 0.261. The van der Waals surface area contributed by atoms with Crippen molar-refractivity contribution in [3.05, 3.63) is 70.7 Å². The van der Waals surface area contributed by atoms with Gasteiger partial charge in [0.1, 0.15) is 11.5 Å². The van der Waals surface area contributed by atoms with Gasteiger partial charge in [-0.15, -0.1) is 0 Å². The Balaban J connectivity index is 1.64. The van der Waals surface area contributed by atoms with E-state index in [0.29, 0.717) is 17.9 Å². The molecule has 0 bridgehead atoms. The summed E-state index contributed by atoms with van der Waals surface area (Å²) in [7, 11) is 0. The van der Waals surface area contributed by atoms with E-state index >= 15 is 0 Å². The topological polar surface area (TPSA) is 35.5 Å². The van der Waals surface area contributed by atoms with Gasteiger partial charge >= 0.3 is 5.97 Å². The van der Waals surface area contributed by atoms with Crippen LogP contribution >= 0.6 is 15.9 Å². The van der Waals surface area contributed by atoms with Gasteiger partial charge in [-0.2, -0.15) is 0 Å². The fourth-order valence-corrected chi connectivity index (χ4v) is 3.37. The molecule has 0 amide bonds. The monoisotopic (exact) mass is 426 g/mol. The highest BCUT2D eigenvalue weighted by Gasteiger charge is 2.12. The molecular formula is C23H23BrO3. The number of carbonyl (C=O) groups is 1. The third-order valence-electron chi connectivity index (χ3n) is 4.39. The Hall–Kier alpha value is -2.33. The van der Waals surface area contributed by atoms with Crippen LogP contribution in [-0.2, 0) is 0 Å². The van der Waals surface area contributed by atoms with E-state index in [4.69, 9.17) is 9.47 Å². The molecule has 0 spiro atoms. The second kappa shape index (κ2) is 9.56. The third kappa shape index (κ3) is 5.10. The van der Waals surface area contributed by atoms with Crippen LogP contribution in [0.4, 0.5) is 0 Å². The first-order valence-corrected chi connectivity index (χ1v) is 10.1. The van der Waals surface area contributed by atoms with Crippen molar-refractivity contribution < 1.29 is 14.3 Å². The standard InChI is InChI=1S/C23H23BrO3/c1-2-3-4-7-16-26-18-12-10-17(11-13-18)23(25)27-22-15-14-21(24)19-8-5-6-9-20(19)22/h5-6,8-15H,2-4,7,16H2,1H3. The van der Waals surface area contributed by atoms with Crippen LogP contribution in [0.15, 0.2) is 65.1 Å². The van der Waals surface area contributed by atoms with E-state index in [0.717, 1.165) is 27.4 Å². The molecule has 0 saturated carbocycles. The van der Waals surface area contributed by atoms with E-state index in [1.807, 2.05) is 42.5 Å². The van der Waals surface area contributed by atoms with Gasteiger partial charge < -0.3 is 9.47 Å². The lowest BCUT2D eigenvalue weighted by Gasteiger charge is -2.10. The lowest BCUT2D eigenvalue weighted by atomic mass is 10.1. The molecule has 0 heterocycles. The summed E-state index contributed by atoms with van der Waals surface area (Å²) in [5.74, 6) is 0.948. The molecule has 0 aliphatic carbocycles. The van der Waals surface area contributed by atoms with Crippen molar-refractivity contribution in [1.29, 1.82) is 0 Å². The van der Waals surface area contributed by atoms with Gasteiger partial charge in [0.05, 0.1) is 12.2 Å². The number of hydrogen-bond acceptors (Lipinski definition) is 3. The highest BCUT2D eigenvalue weighted by molar-refractivity contribution is 9.10. The quantitative estimate of drug-likeness (QED) is 0.226. The SMILES string of the molecule is CCCCCCOc1ccc(C(=O)Oc2ccc(Br)c3ccccc23)cc1. The van der Waals surface area contributed by atoms with E-state index in [2.05, 4.69) is 22.9 Å². The predicted octanol–water partition coefficient (Wildman–Crippen LogP) is 6.78. The molecule has 0 unspecified atom stereocenters. The van der Waals surface area contributed by atoms with E-state index in [1.54, 1.807) is 18.2 Å². The summed E-state index contributed by atoms with van der Waals surface area (Å²) in [4.78, 5) is 12.5. The molecule has 3 aromatic carbocycles. The number of esters is 1. The van der Waals surface area contributed by atoms with Gasteiger partial charge in [-0.1, -0.05) is 66.4 Å². The van der Waals surface area contributed by atoms with Crippen LogP contribution in [-0.4, -0.2) is 12.6 Å².